The van der Waals surface area contributed by atoms with Gasteiger partial charge in [-0.15, -0.1) is 0 Å². The van der Waals surface area contributed by atoms with E-state index < -0.39 is 0 Å². The fourth-order valence-electron chi connectivity index (χ4n) is 0.954. The fourth-order valence-corrected chi connectivity index (χ4v) is 0.954. The van der Waals surface area contributed by atoms with Gasteiger partial charge >= 0.3 is 0 Å². The Morgan fingerprint density at radius 2 is 0.643 bits per heavy atom. The second-order valence-corrected chi connectivity index (χ2v) is 2.77. The first-order valence-corrected chi connectivity index (χ1v) is 4.89. The summed E-state index contributed by atoms with van der Waals surface area (Å²) < 4.78 is 26.0. The molecule has 0 bridgehead atoms. The molecular weight excluding hydrogens is 188 g/mol. The zero-order valence-corrected chi connectivity index (χ0v) is 8.41. The molecular formula is C9H18O5. The smallest absolute Gasteiger partial charge is 0.146 e. The lowest BCUT2D eigenvalue weighted by Gasteiger charge is -2.09. The lowest BCUT2D eigenvalue weighted by atomic mass is 10.7. The Balaban J connectivity index is 2.00. The van der Waals surface area contributed by atoms with Gasteiger partial charge in [0.25, 0.3) is 0 Å². The van der Waals surface area contributed by atoms with Crippen LogP contribution in [0.5, 0.6) is 0 Å². The number of hydrogen-bond acceptors (Lipinski definition) is 5. The van der Waals surface area contributed by atoms with Gasteiger partial charge in [0, 0.05) is 0 Å². The molecule has 0 aromatic rings. The highest BCUT2D eigenvalue weighted by atomic mass is 16.7. The first kappa shape index (κ1) is 11.9. The van der Waals surface area contributed by atoms with Gasteiger partial charge in [0.05, 0.1) is 52.9 Å². The third-order valence-electron chi connectivity index (χ3n) is 1.65. The summed E-state index contributed by atoms with van der Waals surface area (Å²) in [5.41, 5.74) is 0. The summed E-state index contributed by atoms with van der Waals surface area (Å²) in [5.74, 6) is 0. The largest absolute Gasteiger partial charge is 0.377 e. The molecule has 0 amide bonds. The topological polar surface area (TPSA) is 46.2 Å². The highest BCUT2D eigenvalue weighted by molar-refractivity contribution is 4.35. The third kappa shape index (κ3) is 7.23. The molecule has 0 unspecified atom stereocenters. The summed E-state index contributed by atoms with van der Waals surface area (Å²) in [6.45, 7) is 5.02. The molecule has 5 nitrogen and oxygen atoms in total. The van der Waals surface area contributed by atoms with Crippen molar-refractivity contribution in [2.45, 2.75) is 0 Å². The normalized spacial score (nSPS) is 24.0. The van der Waals surface area contributed by atoms with Gasteiger partial charge in [0.15, 0.2) is 0 Å². The molecule has 0 aromatic heterocycles. The van der Waals surface area contributed by atoms with E-state index in [1.54, 1.807) is 0 Å². The van der Waals surface area contributed by atoms with Crippen molar-refractivity contribution in [3.63, 3.8) is 0 Å². The van der Waals surface area contributed by atoms with Crippen LogP contribution in [0.1, 0.15) is 0 Å². The SMILES string of the molecule is C1COCCOCOCCOCCO1. The van der Waals surface area contributed by atoms with Crippen LogP contribution in [0.4, 0.5) is 0 Å². The van der Waals surface area contributed by atoms with E-state index in [9.17, 15) is 0 Å². The highest BCUT2D eigenvalue weighted by Gasteiger charge is 1.94. The van der Waals surface area contributed by atoms with E-state index in [1.807, 2.05) is 0 Å². The Bertz CT molecular complexity index is 66.5. The van der Waals surface area contributed by atoms with Crippen molar-refractivity contribution in [2.24, 2.45) is 0 Å². The Labute approximate surface area is 84.2 Å². The van der Waals surface area contributed by atoms with E-state index in [0.29, 0.717) is 59.6 Å². The monoisotopic (exact) mass is 206 g/mol. The number of hydrogen-bond donors (Lipinski definition) is 0. The van der Waals surface area contributed by atoms with E-state index in [1.165, 1.54) is 0 Å². The Morgan fingerprint density at radius 1 is 0.357 bits per heavy atom. The molecule has 5 heteroatoms. The van der Waals surface area contributed by atoms with Gasteiger partial charge < -0.3 is 23.7 Å². The minimum atomic E-state index is 0.309. The van der Waals surface area contributed by atoms with Gasteiger partial charge in [0.2, 0.25) is 0 Å². The van der Waals surface area contributed by atoms with Crippen LogP contribution in [-0.4, -0.2) is 59.6 Å². The van der Waals surface area contributed by atoms with E-state index in [-0.39, 0.29) is 0 Å². The molecule has 0 spiro atoms. The van der Waals surface area contributed by atoms with Crippen LogP contribution in [0, 0.1) is 0 Å². The molecule has 0 N–H and O–H groups in total. The van der Waals surface area contributed by atoms with Crippen LogP contribution in [0.3, 0.4) is 0 Å². The third-order valence-corrected chi connectivity index (χ3v) is 1.65. The van der Waals surface area contributed by atoms with Crippen molar-refractivity contribution < 1.29 is 23.7 Å². The van der Waals surface area contributed by atoms with Gasteiger partial charge in [-0.1, -0.05) is 0 Å². The molecule has 0 aromatic carbocycles. The number of rotatable bonds is 0. The van der Waals surface area contributed by atoms with Crippen molar-refractivity contribution in [3.8, 4) is 0 Å². The van der Waals surface area contributed by atoms with Crippen LogP contribution >= 0.6 is 0 Å². The molecule has 0 saturated carbocycles. The van der Waals surface area contributed by atoms with Gasteiger partial charge in [-0.25, -0.2) is 0 Å². The van der Waals surface area contributed by atoms with Crippen molar-refractivity contribution in [3.05, 3.63) is 0 Å². The van der Waals surface area contributed by atoms with Gasteiger partial charge in [-0.05, 0) is 0 Å². The average molecular weight is 206 g/mol. The summed E-state index contributed by atoms with van der Waals surface area (Å²) in [5, 5.41) is 0. The van der Waals surface area contributed by atoms with Crippen LogP contribution < -0.4 is 0 Å². The zero-order chi connectivity index (χ0) is 9.90. The molecule has 1 aliphatic heterocycles. The van der Waals surface area contributed by atoms with Crippen molar-refractivity contribution >= 4 is 0 Å². The second-order valence-electron chi connectivity index (χ2n) is 2.77. The van der Waals surface area contributed by atoms with Crippen molar-refractivity contribution in [1.29, 1.82) is 0 Å². The number of ether oxygens (including phenoxy) is 5. The molecule has 0 atom stereocenters. The van der Waals surface area contributed by atoms with Crippen LogP contribution in [-0.2, 0) is 23.7 Å². The minimum absolute atomic E-state index is 0.309. The highest BCUT2D eigenvalue weighted by Crippen LogP contribution is 1.86. The maximum atomic E-state index is 5.25. The van der Waals surface area contributed by atoms with Crippen LogP contribution in [0.25, 0.3) is 0 Å². The molecule has 84 valence electrons. The van der Waals surface area contributed by atoms with Gasteiger partial charge in [-0.2, -0.15) is 0 Å². The Kier molecular flexibility index (Phi) is 7.94. The van der Waals surface area contributed by atoms with Crippen molar-refractivity contribution in [1.82, 2.24) is 0 Å². The van der Waals surface area contributed by atoms with Crippen molar-refractivity contribution in [2.75, 3.05) is 59.6 Å². The van der Waals surface area contributed by atoms with E-state index >= 15 is 0 Å². The summed E-state index contributed by atoms with van der Waals surface area (Å²) in [4.78, 5) is 0. The Hall–Kier alpha value is -0.200. The lowest BCUT2D eigenvalue weighted by Crippen LogP contribution is -2.16. The molecule has 1 saturated heterocycles. The molecule has 0 aliphatic carbocycles. The molecule has 1 fully saturated rings. The van der Waals surface area contributed by atoms with Gasteiger partial charge in [-0.3, -0.25) is 0 Å². The predicted molar refractivity (Wildman–Crippen MR) is 49.2 cm³/mol. The molecule has 1 aliphatic rings. The maximum absolute atomic E-state index is 5.25. The van der Waals surface area contributed by atoms with Gasteiger partial charge in [0.1, 0.15) is 6.79 Å². The summed E-state index contributed by atoms with van der Waals surface area (Å²) in [6.07, 6.45) is 0. The molecule has 14 heavy (non-hydrogen) atoms. The minimum Gasteiger partial charge on any atom is -0.377 e. The summed E-state index contributed by atoms with van der Waals surface area (Å²) in [6, 6.07) is 0. The van der Waals surface area contributed by atoms with Crippen LogP contribution in [0.15, 0.2) is 0 Å². The first-order valence-electron chi connectivity index (χ1n) is 4.89. The fraction of sp³-hybridized carbons (Fsp3) is 1.00. The second kappa shape index (κ2) is 9.36. The van der Waals surface area contributed by atoms with E-state index in [4.69, 9.17) is 23.7 Å². The Morgan fingerprint density at radius 3 is 1.00 bits per heavy atom. The quantitative estimate of drug-likeness (QED) is 0.560. The summed E-state index contributed by atoms with van der Waals surface area (Å²) in [7, 11) is 0. The predicted octanol–water partition coefficient (Wildman–Crippen LogP) is 0.0405. The summed E-state index contributed by atoms with van der Waals surface area (Å²) >= 11 is 0. The maximum Gasteiger partial charge on any atom is 0.146 e. The van der Waals surface area contributed by atoms with E-state index in [0.717, 1.165) is 0 Å². The lowest BCUT2D eigenvalue weighted by molar-refractivity contribution is -0.0916. The molecule has 1 heterocycles. The average Bonchev–Trinajstić information content (AvgIpc) is 2.22. The standard InChI is InChI=1S/C9H18O5/c1-3-11-5-7-13-9-14-8-6-12-4-2-10-1/h1-9H2. The van der Waals surface area contributed by atoms with Crippen LogP contribution in [0.2, 0.25) is 0 Å². The van der Waals surface area contributed by atoms with E-state index in [2.05, 4.69) is 0 Å². The first-order chi connectivity index (χ1) is 7.00. The zero-order valence-electron chi connectivity index (χ0n) is 8.41. The molecule has 0 radical (unpaired) electrons. The molecule has 1 rings (SSSR count).